The number of aromatic nitrogens is 3. The van der Waals surface area contributed by atoms with Crippen molar-refractivity contribution in [1.82, 2.24) is 14.8 Å². The number of esters is 1. The Kier molecular flexibility index (Phi) is 5.91. The highest BCUT2D eigenvalue weighted by atomic mass is 35.5. The Morgan fingerprint density at radius 3 is 2.42 bits per heavy atom. The molecule has 1 aromatic heterocycles. The number of ketones is 1. The third-order valence-electron chi connectivity index (χ3n) is 4.57. The van der Waals surface area contributed by atoms with Crippen molar-refractivity contribution < 1.29 is 14.3 Å². The van der Waals surface area contributed by atoms with Gasteiger partial charge in [-0.05, 0) is 37.3 Å². The molecular weight excluding hydrogens is 414 g/mol. The van der Waals surface area contributed by atoms with Gasteiger partial charge in [0.25, 0.3) is 5.82 Å². The lowest BCUT2D eigenvalue weighted by atomic mass is 10.1. The second-order valence-electron chi connectivity index (χ2n) is 6.88. The first-order valence-corrected chi connectivity index (χ1v) is 9.94. The standard InChI is InChI=1S/C24H18ClN3O3/c1-16-6-5-9-18(14-16)23-26-22(27-28(23)20-12-10-19(25)11-13-20)24(30)31-15-21(29)17-7-3-2-4-8-17/h2-14H,15H2,1H3. The van der Waals surface area contributed by atoms with Crippen molar-refractivity contribution in [2.75, 3.05) is 6.61 Å². The fourth-order valence-electron chi connectivity index (χ4n) is 3.03. The average molecular weight is 432 g/mol. The number of aryl methyl sites for hydroxylation is 1. The van der Waals surface area contributed by atoms with Gasteiger partial charge in [0.1, 0.15) is 0 Å². The Balaban J connectivity index is 1.63. The van der Waals surface area contributed by atoms with Gasteiger partial charge in [-0.3, -0.25) is 4.79 Å². The first-order chi connectivity index (χ1) is 15.0. The lowest BCUT2D eigenvalue weighted by Crippen LogP contribution is -2.15. The van der Waals surface area contributed by atoms with Crippen molar-refractivity contribution in [1.29, 1.82) is 0 Å². The molecule has 0 spiro atoms. The predicted octanol–water partition coefficient (Wildman–Crippen LogP) is 4.94. The summed E-state index contributed by atoms with van der Waals surface area (Å²) in [6.07, 6.45) is 0. The van der Waals surface area contributed by atoms with Crippen molar-refractivity contribution in [3.63, 3.8) is 0 Å². The Hall–Kier alpha value is -3.77. The van der Waals surface area contributed by atoms with E-state index in [1.54, 1.807) is 53.2 Å². The molecule has 0 unspecified atom stereocenters. The van der Waals surface area contributed by atoms with Gasteiger partial charge < -0.3 is 4.74 Å². The monoisotopic (exact) mass is 431 g/mol. The highest BCUT2D eigenvalue weighted by Crippen LogP contribution is 2.23. The molecule has 0 aliphatic heterocycles. The molecule has 7 heteroatoms. The van der Waals surface area contributed by atoms with Crippen LogP contribution in [0, 0.1) is 6.92 Å². The Bertz CT molecular complexity index is 1230. The van der Waals surface area contributed by atoms with E-state index in [2.05, 4.69) is 10.1 Å². The zero-order chi connectivity index (χ0) is 21.8. The molecule has 1 heterocycles. The van der Waals surface area contributed by atoms with E-state index in [0.29, 0.717) is 22.1 Å². The summed E-state index contributed by atoms with van der Waals surface area (Å²) < 4.78 is 6.74. The van der Waals surface area contributed by atoms with Crippen LogP contribution in [0.4, 0.5) is 0 Å². The summed E-state index contributed by atoms with van der Waals surface area (Å²) in [5.74, 6) is -0.726. The minimum Gasteiger partial charge on any atom is -0.451 e. The minimum atomic E-state index is -0.772. The molecular formula is C24H18ClN3O3. The number of carbonyl (C=O) groups excluding carboxylic acids is 2. The Labute approximate surface area is 184 Å². The van der Waals surface area contributed by atoms with Crippen LogP contribution in [0.3, 0.4) is 0 Å². The van der Waals surface area contributed by atoms with Gasteiger partial charge in [-0.1, -0.05) is 65.7 Å². The number of Topliss-reactive ketones (excluding diaryl/α,β-unsaturated/α-hetero) is 1. The summed E-state index contributed by atoms with van der Waals surface area (Å²) in [5.41, 5.74) is 2.99. The molecule has 0 saturated carbocycles. The number of halogens is 1. The minimum absolute atomic E-state index is 0.132. The van der Waals surface area contributed by atoms with Crippen LogP contribution in [0.5, 0.6) is 0 Å². The molecule has 0 radical (unpaired) electrons. The third kappa shape index (κ3) is 4.70. The van der Waals surface area contributed by atoms with Crippen molar-refractivity contribution >= 4 is 23.4 Å². The van der Waals surface area contributed by atoms with E-state index < -0.39 is 12.6 Å². The second kappa shape index (κ2) is 8.93. The van der Waals surface area contributed by atoms with E-state index >= 15 is 0 Å². The van der Waals surface area contributed by atoms with Crippen LogP contribution in [0.25, 0.3) is 17.1 Å². The van der Waals surface area contributed by atoms with Gasteiger partial charge in [0.15, 0.2) is 18.2 Å². The topological polar surface area (TPSA) is 74.1 Å². The van der Waals surface area contributed by atoms with Gasteiger partial charge >= 0.3 is 5.97 Å². The molecule has 0 N–H and O–H groups in total. The third-order valence-corrected chi connectivity index (χ3v) is 4.82. The number of nitrogens with zero attached hydrogens (tertiary/aromatic N) is 3. The van der Waals surface area contributed by atoms with Gasteiger partial charge in [0.2, 0.25) is 0 Å². The van der Waals surface area contributed by atoms with Gasteiger partial charge in [0.05, 0.1) is 5.69 Å². The molecule has 4 aromatic rings. The zero-order valence-electron chi connectivity index (χ0n) is 16.7. The summed E-state index contributed by atoms with van der Waals surface area (Å²) in [6, 6.07) is 23.4. The molecule has 0 bridgehead atoms. The predicted molar refractivity (Wildman–Crippen MR) is 118 cm³/mol. The molecule has 0 fully saturated rings. The molecule has 0 saturated heterocycles. The maximum atomic E-state index is 12.6. The van der Waals surface area contributed by atoms with E-state index in [0.717, 1.165) is 11.1 Å². The van der Waals surface area contributed by atoms with Crippen LogP contribution >= 0.6 is 11.6 Å². The average Bonchev–Trinajstić information content (AvgIpc) is 3.24. The van der Waals surface area contributed by atoms with Crippen molar-refractivity contribution in [2.24, 2.45) is 0 Å². The number of rotatable bonds is 6. The Morgan fingerprint density at radius 2 is 1.71 bits per heavy atom. The molecule has 0 aliphatic carbocycles. The lowest BCUT2D eigenvalue weighted by Gasteiger charge is -2.06. The molecule has 31 heavy (non-hydrogen) atoms. The summed E-state index contributed by atoms with van der Waals surface area (Å²) >= 11 is 6.00. The first-order valence-electron chi connectivity index (χ1n) is 9.57. The molecule has 0 aliphatic rings. The van der Waals surface area contributed by atoms with E-state index in [9.17, 15) is 9.59 Å². The van der Waals surface area contributed by atoms with E-state index in [4.69, 9.17) is 16.3 Å². The van der Waals surface area contributed by atoms with Gasteiger partial charge in [-0.15, -0.1) is 5.10 Å². The van der Waals surface area contributed by atoms with Crippen molar-refractivity contribution in [2.45, 2.75) is 6.92 Å². The molecule has 3 aromatic carbocycles. The first kappa shape index (κ1) is 20.5. The maximum absolute atomic E-state index is 12.6. The zero-order valence-corrected chi connectivity index (χ0v) is 17.4. The second-order valence-corrected chi connectivity index (χ2v) is 7.32. The Morgan fingerprint density at radius 1 is 0.968 bits per heavy atom. The normalized spacial score (nSPS) is 10.6. The number of hydrogen-bond donors (Lipinski definition) is 0. The number of carbonyl (C=O) groups is 2. The summed E-state index contributed by atoms with van der Waals surface area (Å²) in [6.45, 7) is 1.58. The molecule has 0 amide bonds. The summed E-state index contributed by atoms with van der Waals surface area (Å²) in [4.78, 5) is 29.2. The van der Waals surface area contributed by atoms with Crippen LogP contribution < -0.4 is 0 Å². The molecule has 154 valence electrons. The molecule has 6 nitrogen and oxygen atoms in total. The van der Waals surface area contributed by atoms with Gasteiger partial charge in [0, 0.05) is 16.1 Å². The van der Waals surface area contributed by atoms with Crippen LogP contribution in [0.15, 0.2) is 78.9 Å². The number of hydrogen-bond acceptors (Lipinski definition) is 5. The number of benzene rings is 3. The SMILES string of the molecule is Cc1cccc(-c2nc(C(=O)OCC(=O)c3ccccc3)nn2-c2ccc(Cl)cc2)c1. The molecule has 0 atom stereocenters. The smallest absolute Gasteiger partial charge is 0.378 e. The molecule has 4 rings (SSSR count). The van der Waals surface area contributed by atoms with Crippen LogP contribution in [-0.4, -0.2) is 33.1 Å². The van der Waals surface area contributed by atoms with Crippen molar-refractivity contribution in [3.05, 3.63) is 101 Å². The highest BCUT2D eigenvalue weighted by molar-refractivity contribution is 6.30. The largest absolute Gasteiger partial charge is 0.451 e. The lowest BCUT2D eigenvalue weighted by molar-refractivity contribution is 0.0462. The van der Waals surface area contributed by atoms with Gasteiger partial charge in [-0.2, -0.15) is 0 Å². The van der Waals surface area contributed by atoms with Crippen molar-refractivity contribution in [3.8, 4) is 17.1 Å². The van der Waals surface area contributed by atoms with Gasteiger partial charge in [-0.25, -0.2) is 14.5 Å². The van der Waals surface area contributed by atoms with Crippen LogP contribution in [0.2, 0.25) is 5.02 Å². The summed E-state index contributed by atoms with van der Waals surface area (Å²) in [5, 5.41) is 4.93. The van der Waals surface area contributed by atoms with E-state index in [-0.39, 0.29) is 11.6 Å². The highest BCUT2D eigenvalue weighted by Gasteiger charge is 2.21. The number of ether oxygens (including phenoxy) is 1. The van der Waals surface area contributed by atoms with Crippen LogP contribution in [-0.2, 0) is 4.74 Å². The fourth-order valence-corrected chi connectivity index (χ4v) is 3.16. The maximum Gasteiger partial charge on any atom is 0.378 e. The van der Waals surface area contributed by atoms with Crippen LogP contribution in [0.1, 0.15) is 26.5 Å². The van der Waals surface area contributed by atoms with E-state index in [1.807, 2.05) is 37.3 Å². The van der Waals surface area contributed by atoms with E-state index in [1.165, 1.54) is 0 Å². The fraction of sp³-hybridized carbons (Fsp3) is 0.0833. The quantitative estimate of drug-likeness (QED) is 0.319. The summed E-state index contributed by atoms with van der Waals surface area (Å²) in [7, 11) is 0.